The molecule has 1 amide bonds. The molecule has 0 aliphatic carbocycles. The fourth-order valence-corrected chi connectivity index (χ4v) is 3.33. The Bertz CT molecular complexity index is 848. The average molecular weight is 398 g/mol. The number of methoxy groups -OCH3 is 2. The van der Waals surface area contributed by atoms with Gasteiger partial charge in [-0.25, -0.2) is 4.79 Å². The third-order valence-electron chi connectivity index (χ3n) is 4.95. The number of rotatable bonds is 6. The van der Waals surface area contributed by atoms with Gasteiger partial charge in [0.15, 0.2) is 17.6 Å². The first-order valence-corrected chi connectivity index (χ1v) is 9.55. The molecule has 2 aromatic carbocycles. The Kier molecular flexibility index (Phi) is 6.59. The van der Waals surface area contributed by atoms with Crippen LogP contribution in [0.4, 0.5) is 5.69 Å². The quantitative estimate of drug-likeness (QED) is 0.697. The van der Waals surface area contributed by atoms with E-state index in [2.05, 4.69) is 17.0 Å². The summed E-state index contributed by atoms with van der Waals surface area (Å²) in [5.74, 6) is 0.248. The number of hydrogen-bond acceptors (Lipinski definition) is 6. The van der Waals surface area contributed by atoms with Crippen molar-refractivity contribution >= 4 is 17.6 Å². The number of nitrogens with zero attached hydrogens (tertiary/aromatic N) is 2. The van der Waals surface area contributed by atoms with E-state index >= 15 is 0 Å². The van der Waals surface area contributed by atoms with E-state index in [-0.39, 0.29) is 5.91 Å². The minimum absolute atomic E-state index is 0.0724. The lowest BCUT2D eigenvalue weighted by atomic mass is 10.2. The molecule has 1 atom stereocenters. The molecule has 29 heavy (non-hydrogen) atoms. The third-order valence-corrected chi connectivity index (χ3v) is 4.95. The highest BCUT2D eigenvalue weighted by Gasteiger charge is 2.27. The summed E-state index contributed by atoms with van der Waals surface area (Å²) in [6, 6.07) is 14.9. The summed E-state index contributed by atoms with van der Waals surface area (Å²) < 4.78 is 15.9. The maximum absolute atomic E-state index is 12.8. The van der Waals surface area contributed by atoms with Crippen molar-refractivity contribution in [3.8, 4) is 11.5 Å². The predicted molar refractivity (Wildman–Crippen MR) is 110 cm³/mol. The standard InChI is InChI=1S/C22H26N2O5/c1-16(29-19-10-9-17(22(26)28-3)15-20(19)27-2)21(25)24-13-11-23(12-14-24)18-7-5-4-6-8-18/h4-10,15-16H,11-14H2,1-3H3. The van der Waals surface area contributed by atoms with Crippen molar-refractivity contribution in [2.45, 2.75) is 13.0 Å². The van der Waals surface area contributed by atoms with E-state index in [1.807, 2.05) is 23.1 Å². The number of anilines is 1. The Morgan fingerprint density at radius 3 is 2.24 bits per heavy atom. The number of piperazine rings is 1. The van der Waals surface area contributed by atoms with Gasteiger partial charge in [-0.1, -0.05) is 18.2 Å². The molecule has 2 aromatic rings. The minimum Gasteiger partial charge on any atom is -0.493 e. The first-order valence-electron chi connectivity index (χ1n) is 9.55. The summed E-state index contributed by atoms with van der Waals surface area (Å²) in [6.45, 7) is 4.55. The van der Waals surface area contributed by atoms with E-state index in [9.17, 15) is 9.59 Å². The van der Waals surface area contributed by atoms with E-state index in [1.165, 1.54) is 26.0 Å². The molecule has 0 N–H and O–H groups in total. The van der Waals surface area contributed by atoms with E-state index in [1.54, 1.807) is 19.1 Å². The minimum atomic E-state index is -0.670. The summed E-state index contributed by atoms with van der Waals surface area (Å²) in [4.78, 5) is 28.6. The molecule has 1 unspecified atom stereocenters. The Balaban J connectivity index is 1.60. The Morgan fingerprint density at radius 1 is 0.931 bits per heavy atom. The molecular weight excluding hydrogens is 372 g/mol. The molecule has 7 heteroatoms. The molecule has 7 nitrogen and oxygen atoms in total. The topological polar surface area (TPSA) is 68.3 Å². The van der Waals surface area contributed by atoms with Crippen LogP contribution in [0.5, 0.6) is 11.5 Å². The number of amides is 1. The van der Waals surface area contributed by atoms with Gasteiger partial charge in [-0.15, -0.1) is 0 Å². The molecule has 1 heterocycles. The zero-order valence-corrected chi connectivity index (χ0v) is 17.0. The van der Waals surface area contributed by atoms with Gasteiger partial charge in [-0.05, 0) is 37.3 Å². The van der Waals surface area contributed by atoms with Gasteiger partial charge in [0.25, 0.3) is 5.91 Å². The van der Waals surface area contributed by atoms with Crippen molar-refractivity contribution in [1.82, 2.24) is 4.90 Å². The summed E-state index contributed by atoms with van der Waals surface area (Å²) >= 11 is 0. The highest BCUT2D eigenvalue weighted by molar-refractivity contribution is 5.90. The van der Waals surface area contributed by atoms with Crippen LogP contribution in [0.15, 0.2) is 48.5 Å². The van der Waals surface area contributed by atoms with Crippen molar-refractivity contribution in [3.63, 3.8) is 0 Å². The van der Waals surface area contributed by atoms with Gasteiger partial charge in [-0.2, -0.15) is 0 Å². The van der Waals surface area contributed by atoms with Gasteiger partial charge in [0.2, 0.25) is 0 Å². The molecule has 0 saturated carbocycles. The van der Waals surface area contributed by atoms with Crippen LogP contribution in [-0.2, 0) is 9.53 Å². The fraction of sp³-hybridized carbons (Fsp3) is 0.364. The molecule has 0 radical (unpaired) electrons. The normalized spacial score (nSPS) is 14.9. The van der Waals surface area contributed by atoms with Crippen LogP contribution in [0.3, 0.4) is 0 Å². The van der Waals surface area contributed by atoms with E-state index in [0.717, 1.165) is 13.1 Å². The van der Waals surface area contributed by atoms with Gasteiger partial charge >= 0.3 is 5.97 Å². The molecule has 3 rings (SSSR count). The van der Waals surface area contributed by atoms with Gasteiger partial charge in [0, 0.05) is 31.9 Å². The van der Waals surface area contributed by atoms with Crippen LogP contribution in [0.2, 0.25) is 0 Å². The second kappa shape index (κ2) is 9.32. The third kappa shape index (κ3) is 4.80. The molecular formula is C22H26N2O5. The fourth-order valence-electron chi connectivity index (χ4n) is 3.33. The number of esters is 1. The van der Waals surface area contributed by atoms with Gasteiger partial charge in [0.05, 0.1) is 19.8 Å². The van der Waals surface area contributed by atoms with Crippen LogP contribution in [-0.4, -0.2) is 63.3 Å². The second-order valence-electron chi connectivity index (χ2n) is 6.77. The lowest BCUT2D eigenvalue weighted by Crippen LogP contribution is -2.52. The summed E-state index contributed by atoms with van der Waals surface area (Å²) in [5.41, 5.74) is 1.52. The number of benzene rings is 2. The lowest BCUT2D eigenvalue weighted by molar-refractivity contribution is -0.138. The number of carbonyl (C=O) groups excluding carboxylic acids is 2. The molecule has 1 aliphatic heterocycles. The van der Waals surface area contributed by atoms with E-state index in [4.69, 9.17) is 14.2 Å². The lowest BCUT2D eigenvalue weighted by Gasteiger charge is -2.37. The first-order chi connectivity index (χ1) is 14.0. The zero-order valence-electron chi connectivity index (χ0n) is 17.0. The van der Waals surface area contributed by atoms with E-state index in [0.29, 0.717) is 30.2 Å². The molecule has 1 aliphatic rings. The SMILES string of the molecule is COC(=O)c1ccc(OC(C)C(=O)N2CCN(c3ccccc3)CC2)c(OC)c1. The van der Waals surface area contributed by atoms with Crippen molar-refractivity contribution in [2.75, 3.05) is 45.3 Å². The summed E-state index contributed by atoms with van der Waals surface area (Å²) in [7, 11) is 2.80. The summed E-state index contributed by atoms with van der Waals surface area (Å²) in [6.07, 6.45) is -0.670. The average Bonchev–Trinajstić information content (AvgIpc) is 2.78. The number of para-hydroxylation sites is 1. The zero-order chi connectivity index (χ0) is 20.8. The van der Waals surface area contributed by atoms with Crippen molar-refractivity contribution in [1.29, 1.82) is 0 Å². The largest absolute Gasteiger partial charge is 0.493 e. The summed E-state index contributed by atoms with van der Waals surface area (Å²) in [5, 5.41) is 0. The highest BCUT2D eigenvalue weighted by Crippen LogP contribution is 2.29. The predicted octanol–water partition coefficient (Wildman–Crippen LogP) is 2.60. The second-order valence-corrected chi connectivity index (χ2v) is 6.77. The van der Waals surface area contributed by atoms with Gasteiger partial charge in [-0.3, -0.25) is 4.79 Å². The van der Waals surface area contributed by atoms with E-state index < -0.39 is 12.1 Å². The Morgan fingerprint density at radius 2 is 1.62 bits per heavy atom. The van der Waals surface area contributed by atoms with Gasteiger partial charge in [0.1, 0.15) is 0 Å². The smallest absolute Gasteiger partial charge is 0.337 e. The maximum atomic E-state index is 12.8. The molecule has 1 saturated heterocycles. The first kappa shape index (κ1) is 20.5. The van der Waals surface area contributed by atoms with Crippen molar-refractivity contribution < 1.29 is 23.8 Å². The van der Waals surface area contributed by atoms with Crippen LogP contribution in [0, 0.1) is 0 Å². The van der Waals surface area contributed by atoms with Crippen LogP contribution >= 0.6 is 0 Å². The van der Waals surface area contributed by atoms with Crippen molar-refractivity contribution in [2.24, 2.45) is 0 Å². The van der Waals surface area contributed by atoms with Crippen molar-refractivity contribution in [3.05, 3.63) is 54.1 Å². The van der Waals surface area contributed by atoms with Crippen LogP contribution in [0.1, 0.15) is 17.3 Å². The Hall–Kier alpha value is -3.22. The van der Waals surface area contributed by atoms with Crippen LogP contribution < -0.4 is 14.4 Å². The number of carbonyl (C=O) groups is 2. The highest BCUT2D eigenvalue weighted by atomic mass is 16.5. The molecule has 0 aromatic heterocycles. The molecule has 0 spiro atoms. The number of ether oxygens (including phenoxy) is 3. The molecule has 1 fully saturated rings. The molecule has 154 valence electrons. The van der Waals surface area contributed by atoms with Gasteiger partial charge < -0.3 is 24.0 Å². The maximum Gasteiger partial charge on any atom is 0.337 e. The van der Waals surface area contributed by atoms with Crippen LogP contribution in [0.25, 0.3) is 0 Å². The molecule has 0 bridgehead atoms. The number of hydrogen-bond donors (Lipinski definition) is 0. The Labute approximate surface area is 170 Å². The monoisotopic (exact) mass is 398 g/mol.